The van der Waals surface area contributed by atoms with Crippen LogP contribution in [0.15, 0.2) is 47.3 Å². The van der Waals surface area contributed by atoms with Crippen LogP contribution in [-0.4, -0.2) is 22.3 Å². The Bertz CT molecular complexity index is 939. The van der Waals surface area contributed by atoms with E-state index in [0.29, 0.717) is 28.6 Å². The van der Waals surface area contributed by atoms with Gasteiger partial charge in [-0.2, -0.15) is 0 Å². The number of benzene rings is 2. The second-order valence-electron chi connectivity index (χ2n) is 5.58. The summed E-state index contributed by atoms with van der Waals surface area (Å²) in [5.74, 6) is 0.909. The first-order chi connectivity index (χ1) is 12.0. The maximum Gasteiger partial charge on any atom is 0.274 e. The highest BCUT2D eigenvalue weighted by molar-refractivity contribution is 6.30. The van der Waals surface area contributed by atoms with Crippen LogP contribution in [0.1, 0.15) is 16.8 Å². The number of methoxy groups -OCH3 is 1. The summed E-state index contributed by atoms with van der Waals surface area (Å²) in [6.07, 6.45) is 0.382. The number of aryl methyl sites for hydroxylation is 1. The van der Waals surface area contributed by atoms with E-state index in [4.69, 9.17) is 16.3 Å². The van der Waals surface area contributed by atoms with Crippen LogP contribution in [0.3, 0.4) is 0 Å². The Kier molecular flexibility index (Phi) is 5.00. The standard InChI is InChI=1S/C18H17ClN4O2/c1-11-3-8-16(25-2)14(9-11)20-18-21-17(24)15(22-23-18)10-12-4-6-13(19)7-5-12/h3-9H,10H2,1-2H3,(H2,20,21,23,24). The molecule has 0 atom stereocenters. The molecule has 0 fully saturated rings. The molecule has 6 nitrogen and oxygen atoms in total. The van der Waals surface area contributed by atoms with Crippen LogP contribution in [0.2, 0.25) is 5.02 Å². The minimum atomic E-state index is -0.293. The molecule has 25 heavy (non-hydrogen) atoms. The SMILES string of the molecule is COc1ccc(C)cc1Nc1nnc(Cc2ccc(Cl)cc2)c(=O)[nH]1. The Morgan fingerprint density at radius 2 is 1.92 bits per heavy atom. The Labute approximate surface area is 149 Å². The fourth-order valence-corrected chi connectivity index (χ4v) is 2.50. The molecule has 3 aromatic rings. The topological polar surface area (TPSA) is 79.9 Å². The van der Waals surface area contributed by atoms with Gasteiger partial charge < -0.3 is 10.1 Å². The molecule has 1 heterocycles. The lowest BCUT2D eigenvalue weighted by Crippen LogP contribution is -2.19. The van der Waals surface area contributed by atoms with Gasteiger partial charge in [0.05, 0.1) is 12.8 Å². The number of hydrogen-bond donors (Lipinski definition) is 2. The first kappa shape index (κ1) is 17.0. The lowest BCUT2D eigenvalue weighted by atomic mass is 10.1. The van der Waals surface area contributed by atoms with Crippen molar-refractivity contribution in [2.45, 2.75) is 13.3 Å². The van der Waals surface area contributed by atoms with Crippen molar-refractivity contribution in [2.75, 3.05) is 12.4 Å². The fraction of sp³-hybridized carbons (Fsp3) is 0.167. The summed E-state index contributed by atoms with van der Waals surface area (Å²) in [5.41, 5.74) is 2.74. The molecule has 0 aliphatic carbocycles. The van der Waals surface area contributed by atoms with Gasteiger partial charge in [-0.1, -0.05) is 29.8 Å². The summed E-state index contributed by atoms with van der Waals surface area (Å²) < 4.78 is 5.30. The Hall–Kier alpha value is -2.86. The molecule has 0 amide bonds. The van der Waals surface area contributed by atoms with Gasteiger partial charge in [-0.25, -0.2) is 0 Å². The summed E-state index contributed by atoms with van der Waals surface area (Å²) in [7, 11) is 1.58. The molecule has 7 heteroatoms. The zero-order valence-corrected chi connectivity index (χ0v) is 14.6. The van der Waals surface area contributed by atoms with E-state index in [0.717, 1.165) is 11.1 Å². The zero-order chi connectivity index (χ0) is 17.8. The first-order valence-corrected chi connectivity index (χ1v) is 8.05. The summed E-state index contributed by atoms with van der Waals surface area (Å²) in [4.78, 5) is 15.0. The van der Waals surface area contributed by atoms with Gasteiger partial charge in [0.2, 0.25) is 5.95 Å². The van der Waals surface area contributed by atoms with E-state index in [-0.39, 0.29) is 11.5 Å². The molecule has 1 aromatic heterocycles. The van der Waals surface area contributed by atoms with E-state index in [9.17, 15) is 4.79 Å². The molecular formula is C18H17ClN4O2. The third-order valence-electron chi connectivity index (χ3n) is 3.66. The van der Waals surface area contributed by atoms with E-state index >= 15 is 0 Å². The second-order valence-corrected chi connectivity index (χ2v) is 6.02. The zero-order valence-electron chi connectivity index (χ0n) is 13.8. The molecule has 0 aliphatic heterocycles. The highest BCUT2D eigenvalue weighted by Crippen LogP contribution is 2.26. The molecule has 0 saturated carbocycles. The number of nitrogens with zero attached hydrogens (tertiary/aromatic N) is 2. The van der Waals surface area contributed by atoms with Crippen molar-refractivity contribution in [2.24, 2.45) is 0 Å². The molecule has 2 aromatic carbocycles. The predicted molar refractivity (Wildman–Crippen MR) is 97.9 cm³/mol. The molecular weight excluding hydrogens is 340 g/mol. The number of halogens is 1. The van der Waals surface area contributed by atoms with Crippen LogP contribution in [-0.2, 0) is 6.42 Å². The Morgan fingerprint density at radius 3 is 2.60 bits per heavy atom. The number of anilines is 2. The van der Waals surface area contributed by atoms with E-state index in [1.165, 1.54) is 0 Å². The quantitative estimate of drug-likeness (QED) is 0.731. The van der Waals surface area contributed by atoms with Gasteiger partial charge in [-0.05, 0) is 42.3 Å². The van der Waals surface area contributed by atoms with Crippen molar-refractivity contribution < 1.29 is 4.74 Å². The molecule has 128 valence electrons. The third-order valence-corrected chi connectivity index (χ3v) is 3.91. The molecule has 0 bridgehead atoms. The van der Waals surface area contributed by atoms with Crippen molar-refractivity contribution in [3.8, 4) is 5.75 Å². The van der Waals surface area contributed by atoms with Gasteiger partial charge in [0.15, 0.2) is 0 Å². The van der Waals surface area contributed by atoms with E-state index < -0.39 is 0 Å². The number of nitrogens with one attached hydrogen (secondary N) is 2. The monoisotopic (exact) mass is 356 g/mol. The summed E-state index contributed by atoms with van der Waals surface area (Å²) >= 11 is 5.87. The first-order valence-electron chi connectivity index (χ1n) is 7.67. The average molecular weight is 357 g/mol. The van der Waals surface area contributed by atoms with E-state index in [2.05, 4.69) is 20.5 Å². The molecule has 0 aliphatic rings. The fourth-order valence-electron chi connectivity index (χ4n) is 2.38. The third kappa shape index (κ3) is 4.16. The van der Waals surface area contributed by atoms with Gasteiger partial charge >= 0.3 is 0 Å². The van der Waals surface area contributed by atoms with E-state index in [1.54, 1.807) is 19.2 Å². The summed E-state index contributed by atoms with van der Waals surface area (Å²) in [6, 6.07) is 12.9. The molecule has 2 N–H and O–H groups in total. The molecule has 0 radical (unpaired) electrons. The minimum Gasteiger partial charge on any atom is -0.495 e. The van der Waals surface area contributed by atoms with Gasteiger partial charge in [0, 0.05) is 11.4 Å². The van der Waals surface area contributed by atoms with Crippen LogP contribution in [0.5, 0.6) is 5.75 Å². The summed E-state index contributed by atoms with van der Waals surface area (Å²) in [6.45, 7) is 1.97. The smallest absolute Gasteiger partial charge is 0.274 e. The van der Waals surface area contributed by atoms with Crippen molar-refractivity contribution >= 4 is 23.2 Å². The van der Waals surface area contributed by atoms with Crippen molar-refractivity contribution in [3.05, 3.63) is 74.7 Å². The lowest BCUT2D eigenvalue weighted by Gasteiger charge is -2.11. The van der Waals surface area contributed by atoms with Gasteiger partial charge in [-0.15, -0.1) is 10.2 Å². The van der Waals surface area contributed by atoms with Gasteiger partial charge in [0.25, 0.3) is 5.56 Å². The highest BCUT2D eigenvalue weighted by Gasteiger charge is 2.09. The number of ether oxygens (including phenoxy) is 1. The number of hydrogen-bond acceptors (Lipinski definition) is 5. The number of aromatic nitrogens is 3. The number of H-pyrrole nitrogens is 1. The van der Waals surface area contributed by atoms with Crippen LogP contribution in [0.4, 0.5) is 11.6 Å². The Balaban J connectivity index is 1.81. The lowest BCUT2D eigenvalue weighted by molar-refractivity contribution is 0.416. The van der Waals surface area contributed by atoms with E-state index in [1.807, 2.05) is 37.3 Å². The molecule has 0 spiro atoms. The van der Waals surface area contributed by atoms with Gasteiger partial charge in [0.1, 0.15) is 11.4 Å². The van der Waals surface area contributed by atoms with Crippen molar-refractivity contribution in [1.29, 1.82) is 0 Å². The van der Waals surface area contributed by atoms with Crippen molar-refractivity contribution in [1.82, 2.24) is 15.2 Å². The minimum absolute atomic E-state index is 0.258. The second kappa shape index (κ2) is 7.36. The molecule has 0 saturated heterocycles. The normalized spacial score (nSPS) is 10.5. The van der Waals surface area contributed by atoms with Gasteiger partial charge in [-0.3, -0.25) is 9.78 Å². The molecule has 0 unspecified atom stereocenters. The maximum absolute atomic E-state index is 12.3. The Morgan fingerprint density at radius 1 is 1.16 bits per heavy atom. The predicted octanol–water partition coefficient (Wildman–Crippen LogP) is 3.47. The number of aromatic amines is 1. The largest absolute Gasteiger partial charge is 0.495 e. The van der Waals surface area contributed by atoms with Crippen LogP contribution >= 0.6 is 11.6 Å². The number of rotatable bonds is 5. The van der Waals surface area contributed by atoms with Crippen LogP contribution in [0.25, 0.3) is 0 Å². The van der Waals surface area contributed by atoms with Crippen LogP contribution < -0.4 is 15.6 Å². The van der Waals surface area contributed by atoms with Crippen molar-refractivity contribution in [3.63, 3.8) is 0 Å². The average Bonchev–Trinajstić information content (AvgIpc) is 2.59. The molecule has 3 rings (SSSR count). The summed E-state index contributed by atoms with van der Waals surface area (Å²) in [5, 5.41) is 11.8. The highest BCUT2D eigenvalue weighted by atomic mass is 35.5. The maximum atomic E-state index is 12.3. The van der Waals surface area contributed by atoms with Crippen LogP contribution in [0, 0.1) is 6.92 Å².